The molecule has 0 aliphatic heterocycles. The molecule has 1 N–H and O–H groups in total. The van der Waals surface area contributed by atoms with Crippen molar-refractivity contribution in [1.29, 1.82) is 0 Å². The fourth-order valence-electron chi connectivity index (χ4n) is 2.39. The Balaban J connectivity index is 2.53. The second-order valence-electron chi connectivity index (χ2n) is 5.62. The molecule has 2 rings (SSSR count). The highest BCUT2D eigenvalue weighted by Gasteiger charge is 2.17. The molecule has 0 spiro atoms. The third-order valence-electron chi connectivity index (χ3n) is 3.48. The van der Waals surface area contributed by atoms with E-state index in [2.05, 4.69) is 15.2 Å². The van der Waals surface area contributed by atoms with Crippen LogP contribution in [0.25, 0.3) is 10.9 Å². The molecule has 124 valence electrons. The van der Waals surface area contributed by atoms with Gasteiger partial charge in [0.05, 0.1) is 17.8 Å². The fourth-order valence-corrected chi connectivity index (χ4v) is 2.67. The summed E-state index contributed by atoms with van der Waals surface area (Å²) in [7, 11) is 4.00. The highest BCUT2D eigenvalue weighted by molar-refractivity contribution is 6.31. The van der Waals surface area contributed by atoms with E-state index < -0.39 is 0 Å². The van der Waals surface area contributed by atoms with Crippen molar-refractivity contribution in [2.24, 2.45) is 0 Å². The Morgan fingerprint density at radius 3 is 2.78 bits per heavy atom. The molecule has 0 amide bonds. The Labute approximate surface area is 141 Å². The number of anilines is 1. The van der Waals surface area contributed by atoms with Crippen LogP contribution in [-0.2, 0) is 4.74 Å². The van der Waals surface area contributed by atoms with Gasteiger partial charge in [0, 0.05) is 29.7 Å². The van der Waals surface area contributed by atoms with Crippen molar-refractivity contribution in [2.45, 2.75) is 13.8 Å². The largest absolute Gasteiger partial charge is 0.462 e. The van der Waals surface area contributed by atoms with E-state index in [1.54, 1.807) is 13.1 Å². The number of pyridine rings is 1. The Kier molecular flexibility index (Phi) is 5.80. The van der Waals surface area contributed by atoms with Crippen LogP contribution >= 0.6 is 11.6 Å². The first kappa shape index (κ1) is 17.5. The SMILES string of the molecule is CCOC(=O)c1cnc2c(C)cc(Cl)cc2c1NCCN(C)C. The number of benzene rings is 1. The average molecular weight is 336 g/mol. The van der Waals surface area contributed by atoms with Gasteiger partial charge in [0.15, 0.2) is 0 Å². The molecule has 5 nitrogen and oxygen atoms in total. The zero-order valence-electron chi connectivity index (χ0n) is 13.9. The van der Waals surface area contributed by atoms with Gasteiger partial charge in [-0.2, -0.15) is 0 Å². The van der Waals surface area contributed by atoms with Gasteiger partial charge in [-0.25, -0.2) is 4.79 Å². The second-order valence-corrected chi connectivity index (χ2v) is 6.05. The third-order valence-corrected chi connectivity index (χ3v) is 3.70. The van der Waals surface area contributed by atoms with E-state index in [1.807, 2.05) is 33.2 Å². The van der Waals surface area contributed by atoms with Gasteiger partial charge in [-0.1, -0.05) is 11.6 Å². The number of aryl methyl sites for hydroxylation is 1. The van der Waals surface area contributed by atoms with E-state index in [0.29, 0.717) is 23.7 Å². The van der Waals surface area contributed by atoms with Crippen LogP contribution in [0.3, 0.4) is 0 Å². The van der Waals surface area contributed by atoms with Gasteiger partial charge in [-0.15, -0.1) is 0 Å². The van der Waals surface area contributed by atoms with Gasteiger partial charge in [0.2, 0.25) is 0 Å². The number of carbonyl (C=O) groups is 1. The summed E-state index contributed by atoms with van der Waals surface area (Å²) in [5, 5.41) is 4.79. The van der Waals surface area contributed by atoms with E-state index in [0.717, 1.165) is 28.7 Å². The van der Waals surface area contributed by atoms with Crippen molar-refractivity contribution < 1.29 is 9.53 Å². The molecule has 1 aromatic carbocycles. The average Bonchev–Trinajstić information content (AvgIpc) is 2.47. The topological polar surface area (TPSA) is 54.5 Å². The molecule has 0 aliphatic rings. The summed E-state index contributed by atoms with van der Waals surface area (Å²) in [6, 6.07) is 3.70. The van der Waals surface area contributed by atoms with Crippen molar-refractivity contribution >= 4 is 34.2 Å². The molecule has 23 heavy (non-hydrogen) atoms. The molecule has 0 fully saturated rings. The normalized spacial score (nSPS) is 11.0. The molecule has 1 heterocycles. The first-order valence-electron chi connectivity index (χ1n) is 7.58. The minimum Gasteiger partial charge on any atom is -0.462 e. The number of hydrogen-bond donors (Lipinski definition) is 1. The zero-order chi connectivity index (χ0) is 17.0. The number of esters is 1. The molecule has 0 aliphatic carbocycles. The highest BCUT2D eigenvalue weighted by Crippen LogP contribution is 2.31. The third kappa shape index (κ3) is 4.12. The maximum Gasteiger partial charge on any atom is 0.341 e. The summed E-state index contributed by atoms with van der Waals surface area (Å²) in [6.45, 7) is 5.60. The van der Waals surface area contributed by atoms with Gasteiger partial charge < -0.3 is 15.0 Å². The van der Waals surface area contributed by atoms with Crippen molar-refractivity contribution in [1.82, 2.24) is 9.88 Å². The predicted octanol–water partition coefficient (Wildman–Crippen LogP) is 3.35. The van der Waals surface area contributed by atoms with Gasteiger partial charge in [0.25, 0.3) is 0 Å². The molecule has 0 saturated carbocycles. The lowest BCUT2D eigenvalue weighted by Crippen LogP contribution is -2.22. The molecule has 2 aromatic rings. The minimum absolute atomic E-state index is 0.322. The quantitative estimate of drug-likeness (QED) is 0.820. The first-order chi connectivity index (χ1) is 10.9. The summed E-state index contributed by atoms with van der Waals surface area (Å²) in [4.78, 5) is 18.7. The molecule has 0 radical (unpaired) electrons. The van der Waals surface area contributed by atoms with E-state index in [4.69, 9.17) is 16.3 Å². The van der Waals surface area contributed by atoms with Crippen LogP contribution in [0.1, 0.15) is 22.8 Å². The van der Waals surface area contributed by atoms with E-state index >= 15 is 0 Å². The number of aromatic nitrogens is 1. The van der Waals surface area contributed by atoms with Crippen LogP contribution in [0, 0.1) is 6.92 Å². The zero-order valence-corrected chi connectivity index (χ0v) is 14.7. The van der Waals surface area contributed by atoms with Crippen LogP contribution < -0.4 is 5.32 Å². The molecule has 1 aromatic heterocycles. The van der Waals surface area contributed by atoms with E-state index in [-0.39, 0.29) is 5.97 Å². The summed E-state index contributed by atoms with van der Waals surface area (Å²) in [6.07, 6.45) is 1.57. The van der Waals surface area contributed by atoms with Gasteiger partial charge in [0.1, 0.15) is 5.56 Å². The number of ether oxygens (including phenoxy) is 1. The summed E-state index contributed by atoms with van der Waals surface area (Å²) in [5.41, 5.74) is 2.95. The van der Waals surface area contributed by atoms with Crippen molar-refractivity contribution in [3.05, 3.63) is 34.5 Å². The second kappa shape index (κ2) is 7.62. The Hall–Kier alpha value is -1.85. The van der Waals surface area contributed by atoms with Crippen LogP contribution in [0.5, 0.6) is 0 Å². The number of hydrogen-bond acceptors (Lipinski definition) is 5. The molecule has 0 unspecified atom stereocenters. The molecule has 6 heteroatoms. The molecule has 0 bridgehead atoms. The number of halogens is 1. The Morgan fingerprint density at radius 1 is 1.39 bits per heavy atom. The van der Waals surface area contributed by atoms with Crippen LogP contribution in [-0.4, -0.2) is 49.6 Å². The van der Waals surface area contributed by atoms with Crippen molar-refractivity contribution in [3.8, 4) is 0 Å². The Morgan fingerprint density at radius 2 is 2.13 bits per heavy atom. The lowest BCUT2D eigenvalue weighted by Gasteiger charge is -2.17. The summed E-state index contributed by atoms with van der Waals surface area (Å²) < 4.78 is 5.14. The minimum atomic E-state index is -0.383. The molecular weight excluding hydrogens is 314 g/mol. The standard InChI is InChI=1S/C17H22ClN3O2/c1-5-23-17(22)14-10-20-15-11(2)8-12(18)9-13(15)16(14)19-6-7-21(3)4/h8-10H,5-7H2,1-4H3,(H,19,20). The Bertz CT molecular complexity index is 717. The first-order valence-corrected chi connectivity index (χ1v) is 7.96. The smallest absolute Gasteiger partial charge is 0.341 e. The van der Waals surface area contributed by atoms with Crippen molar-refractivity contribution in [2.75, 3.05) is 39.1 Å². The number of nitrogens with one attached hydrogen (secondary N) is 1. The lowest BCUT2D eigenvalue weighted by atomic mass is 10.1. The van der Waals surface area contributed by atoms with Gasteiger partial charge in [-0.05, 0) is 45.6 Å². The molecule has 0 saturated heterocycles. The number of fused-ring (bicyclic) bond motifs is 1. The highest BCUT2D eigenvalue weighted by atomic mass is 35.5. The lowest BCUT2D eigenvalue weighted by molar-refractivity contribution is 0.0527. The molecular formula is C17H22ClN3O2. The van der Waals surface area contributed by atoms with Crippen LogP contribution in [0.4, 0.5) is 5.69 Å². The van der Waals surface area contributed by atoms with Gasteiger partial charge >= 0.3 is 5.97 Å². The van der Waals surface area contributed by atoms with Crippen molar-refractivity contribution in [3.63, 3.8) is 0 Å². The predicted molar refractivity (Wildman–Crippen MR) is 94.5 cm³/mol. The van der Waals surface area contributed by atoms with Gasteiger partial charge in [-0.3, -0.25) is 4.98 Å². The summed E-state index contributed by atoms with van der Waals surface area (Å²) >= 11 is 6.19. The number of rotatable bonds is 6. The van der Waals surface area contributed by atoms with E-state index in [9.17, 15) is 4.79 Å². The fraction of sp³-hybridized carbons (Fsp3) is 0.412. The van der Waals surface area contributed by atoms with E-state index in [1.165, 1.54) is 0 Å². The maximum absolute atomic E-state index is 12.2. The number of likely N-dealkylation sites (N-methyl/N-ethyl adjacent to an activating group) is 1. The number of carbonyl (C=O) groups excluding carboxylic acids is 1. The monoisotopic (exact) mass is 335 g/mol. The molecule has 0 atom stereocenters. The van der Waals surface area contributed by atoms with Crippen LogP contribution in [0.15, 0.2) is 18.3 Å². The number of nitrogens with zero attached hydrogens (tertiary/aromatic N) is 2. The maximum atomic E-state index is 12.2. The summed E-state index contributed by atoms with van der Waals surface area (Å²) in [5.74, 6) is -0.383. The van der Waals surface area contributed by atoms with Crippen LogP contribution in [0.2, 0.25) is 5.02 Å².